The van der Waals surface area contributed by atoms with Crippen LogP contribution in [0.5, 0.6) is 0 Å². The molecule has 2 heterocycles. The van der Waals surface area contributed by atoms with Crippen LogP contribution < -0.4 is 5.56 Å². The average Bonchev–Trinajstić information content (AvgIpc) is 2.42. The molecule has 5 heteroatoms. The highest BCUT2D eigenvalue weighted by Crippen LogP contribution is 2.18. The van der Waals surface area contributed by atoms with Gasteiger partial charge in [0.05, 0.1) is 24.5 Å². The maximum Gasteiger partial charge on any atom is 0.256 e. The highest BCUT2D eigenvalue weighted by atomic mass is 35.5. The molecule has 0 saturated heterocycles. The first-order valence-corrected chi connectivity index (χ1v) is 6.54. The fourth-order valence-electron chi connectivity index (χ4n) is 2.20. The highest BCUT2D eigenvalue weighted by molar-refractivity contribution is 6.31. The molecule has 0 fully saturated rings. The van der Waals surface area contributed by atoms with Crippen LogP contribution in [0, 0.1) is 0 Å². The molecule has 0 unspecified atom stereocenters. The topological polar surface area (TPSA) is 55.0 Å². The molecule has 3 rings (SSSR count). The van der Waals surface area contributed by atoms with Crippen LogP contribution in [-0.4, -0.2) is 16.6 Å². The van der Waals surface area contributed by atoms with Gasteiger partial charge in [0.1, 0.15) is 5.82 Å². The number of hydrogen-bond donors (Lipinski definition) is 1. The lowest BCUT2D eigenvalue weighted by Crippen LogP contribution is -2.25. The molecule has 1 aliphatic heterocycles. The Morgan fingerprint density at radius 3 is 3.05 bits per heavy atom. The molecule has 0 bridgehead atoms. The normalized spacial score (nSPS) is 14.2. The van der Waals surface area contributed by atoms with Crippen molar-refractivity contribution >= 4 is 11.6 Å². The standard InChI is InChI=1S/C14H13ClN2O2/c15-11-4-2-1-3-9(11)7-13-16-12-5-6-19-8-10(12)14(18)17-13/h1-4H,5-8H2,(H,16,17,18). The number of nitrogens with zero attached hydrogens (tertiary/aromatic N) is 1. The molecule has 0 saturated carbocycles. The summed E-state index contributed by atoms with van der Waals surface area (Å²) in [5, 5.41) is 0.686. The Morgan fingerprint density at radius 2 is 2.21 bits per heavy atom. The molecule has 0 amide bonds. The van der Waals surface area contributed by atoms with Gasteiger partial charge in [-0.2, -0.15) is 0 Å². The van der Waals surface area contributed by atoms with Gasteiger partial charge in [-0.3, -0.25) is 4.79 Å². The van der Waals surface area contributed by atoms with Crippen LogP contribution in [0.1, 0.15) is 22.6 Å². The number of fused-ring (bicyclic) bond motifs is 1. The van der Waals surface area contributed by atoms with E-state index >= 15 is 0 Å². The third-order valence-electron chi connectivity index (χ3n) is 3.20. The number of halogens is 1. The van der Waals surface area contributed by atoms with Crippen LogP contribution in [0.15, 0.2) is 29.1 Å². The minimum atomic E-state index is -0.105. The van der Waals surface area contributed by atoms with Crippen molar-refractivity contribution in [1.82, 2.24) is 9.97 Å². The molecule has 2 aromatic rings. The summed E-state index contributed by atoms with van der Waals surface area (Å²) in [6.07, 6.45) is 1.22. The van der Waals surface area contributed by atoms with Gasteiger partial charge in [0, 0.05) is 17.9 Å². The second-order valence-corrected chi connectivity index (χ2v) is 4.92. The third kappa shape index (κ3) is 2.55. The van der Waals surface area contributed by atoms with Crippen LogP contribution in [0.4, 0.5) is 0 Å². The number of H-pyrrole nitrogens is 1. The van der Waals surface area contributed by atoms with E-state index in [4.69, 9.17) is 16.3 Å². The zero-order valence-electron chi connectivity index (χ0n) is 10.3. The van der Waals surface area contributed by atoms with E-state index in [1.165, 1.54) is 0 Å². The van der Waals surface area contributed by atoms with Crippen molar-refractivity contribution in [1.29, 1.82) is 0 Å². The van der Waals surface area contributed by atoms with Crippen molar-refractivity contribution in [3.63, 3.8) is 0 Å². The smallest absolute Gasteiger partial charge is 0.256 e. The quantitative estimate of drug-likeness (QED) is 0.914. The van der Waals surface area contributed by atoms with E-state index in [2.05, 4.69) is 9.97 Å². The van der Waals surface area contributed by atoms with Crippen molar-refractivity contribution in [2.75, 3.05) is 6.61 Å². The Hall–Kier alpha value is -1.65. The van der Waals surface area contributed by atoms with Gasteiger partial charge in [0.2, 0.25) is 0 Å². The van der Waals surface area contributed by atoms with Gasteiger partial charge in [0.25, 0.3) is 5.56 Å². The minimum Gasteiger partial charge on any atom is -0.376 e. The Kier molecular flexibility index (Phi) is 3.36. The van der Waals surface area contributed by atoms with E-state index in [9.17, 15) is 4.79 Å². The zero-order valence-corrected chi connectivity index (χ0v) is 11.0. The van der Waals surface area contributed by atoms with E-state index in [0.717, 1.165) is 11.3 Å². The molecule has 0 radical (unpaired) electrons. The van der Waals surface area contributed by atoms with Crippen molar-refractivity contribution in [2.24, 2.45) is 0 Å². The molecule has 1 N–H and O–H groups in total. The summed E-state index contributed by atoms with van der Waals surface area (Å²) in [7, 11) is 0. The first-order chi connectivity index (χ1) is 9.24. The first kappa shape index (κ1) is 12.4. The average molecular weight is 277 g/mol. The van der Waals surface area contributed by atoms with Crippen LogP contribution in [0.3, 0.4) is 0 Å². The summed E-state index contributed by atoms with van der Waals surface area (Å²) in [5.41, 5.74) is 2.34. The maximum absolute atomic E-state index is 12.0. The fourth-order valence-corrected chi connectivity index (χ4v) is 2.40. The Bertz CT molecular complexity index is 667. The third-order valence-corrected chi connectivity index (χ3v) is 3.56. The second-order valence-electron chi connectivity index (χ2n) is 4.51. The van der Waals surface area contributed by atoms with Gasteiger partial charge in [-0.25, -0.2) is 4.98 Å². The summed E-state index contributed by atoms with van der Waals surface area (Å²) in [4.78, 5) is 19.3. The maximum atomic E-state index is 12.0. The van der Waals surface area contributed by atoms with E-state index in [1.807, 2.05) is 24.3 Å². The lowest BCUT2D eigenvalue weighted by atomic mass is 10.1. The number of rotatable bonds is 2. The Labute approximate surface area is 115 Å². The summed E-state index contributed by atoms with van der Waals surface area (Å²) in [6, 6.07) is 7.57. The van der Waals surface area contributed by atoms with Gasteiger partial charge in [-0.1, -0.05) is 29.8 Å². The molecular formula is C14H13ClN2O2. The molecule has 0 aliphatic carbocycles. The molecule has 1 aromatic carbocycles. The summed E-state index contributed by atoms with van der Waals surface area (Å²) >= 11 is 6.12. The van der Waals surface area contributed by atoms with Crippen LogP contribution in [0.2, 0.25) is 5.02 Å². The second kappa shape index (κ2) is 5.15. The molecular weight excluding hydrogens is 264 g/mol. The van der Waals surface area contributed by atoms with Crippen LogP contribution in [0.25, 0.3) is 0 Å². The molecule has 0 spiro atoms. The largest absolute Gasteiger partial charge is 0.376 e. The Balaban J connectivity index is 1.96. The highest BCUT2D eigenvalue weighted by Gasteiger charge is 2.16. The van der Waals surface area contributed by atoms with Gasteiger partial charge in [0.15, 0.2) is 0 Å². The zero-order chi connectivity index (χ0) is 13.2. The van der Waals surface area contributed by atoms with Crippen molar-refractivity contribution in [2.45, 2.75) is 19.4 Å². The van der Waals surface area contributed by atoms with Gasteiger partial charge in [-0.05, 0) is 11.6 Å². The number of aromatic amines is 1. The molecule has 4 nitrogen and oxygen atoms in total. The predicted molar refractivity (Wildman–Crippen MR) is 72.5 cm³/mol. The van der Waals surface area contributed by atoms with Crippen molar-refractivity contribution in [3.05, 3.63) is 62.3 Å². The van der Waals surface area contributed by atoms with Gasteiger partial charge < -0.3 is 9.72 Å². The van der Waals surface area contributed by atoms with E-state index in [1.54, 1.807) is 0 Å². The Morgan fingerprint density at radius 1 is 1.37 bits per heavy atom. The monoisotopic (exact) mass is 276 g/mol. The number of nitrogens with one attached hydrogen (secondary N) is 1. The number of hydrogen-bond acceptors (Lipinski definition) is 3. The van der Waals surface area contributed by atoms with E-state index in [-0.39, 0.29) is 5.56 Å². The lowest BCUT2D eigenvalue weighted by molar-refractivity contribution is 0.108. The predicted octanol–water partition coefficient (Wildman–Crippen LogP) is 2.09. The van der Waals surface area contributed by atoms with Crippen molar-refractivity contribution in [3.8, 4) is 0 Å². The van der Waals surface area contributed by atoms with Gasteiger partial charge in [-0.15, -0.1) is 0 Å². The van der Waals surface area contributed by atoms with Gasteiger partial charge >= 0.3 is 0 Å². The summed E-state index contributed by atoms with van der Waals surface area (Å²) in [5.74, 6) is 0.652. The fraction of sp³-hybridized carbons (Fsp3) is 0.286. The molecule has 1 aliphatic rings. The molecule has 0 atom stereocenters. The minimum absolute atomic E-state index is 0.105. The van der Waals surface area contributed by atoms with Crippen LogP contribution >= 0.6 is 11.6 Å². The van der Waals surface area contributed by atoms with Crippen molar-refractivity contribution < 1.29 is 4.74 Å². The SMILES string of the molecule is O=c1[nH]c(Cc2ccccc2Cl)nc2c1COCC2. The lowest BCUT2D eigenvalue weighted by Gasteiger charge is -2.15. The molecule has 98 valence electrons. The van der Waals surface area contributed by atoms with Crippen LogP contribution in [-0.2, 0) is 24.2 Å². The summed E-state index contributed by atoms with van der Waals surface area (Å²) < 4.78 is 5.27. The first-order valence-electron chi connectivity index (χ1n) is 6.16. The molecule has 19 heavy (non-hydrogen) atoms. The number of benzene rings is 1. The summed E-state index contributed by atoms with van der Waals surface area (Å²) in [6.45, 7) is 0.971. The number of ether oxygens (including phenoxy) is 1. The van der Waals surface area contributed by atoms with E-state index in [0.29, 0.717) is 42.5 Å². The number of aromatic nitrogens is 2. The van der Waals surface area contributed by atoms with E-state index < -0.39 is 0 Å². The molecule has 1 aromatic heterocycles.